The Labute approximate surface area is 98.5 Å². The van der Waals surface area contributed by atoms with Crippen LogP contribution in [-0.2, 0) is 0 Å². The fraction of sp³-hybridized carbons (Fsp3) is 0.333. The summed E-state index contributed by atoms with van der Waals surface area (Å²) >= 11 is 5.81. The van der Waals surface area contributed by atoms with Crippen LogP contribution in [0, 0.1) is 5.92 Å². The minimum atomic E-state index is 0.433. The van der Waals surface area contributed by atoms with Crippen LogP contribution in [0.5, 0.6) is 0 Å². The number of furan rings is 1. The predicted molar refractivity (Wildman–Crippen MR) is 61.3 cm³/mol. The largest absolute Gasteiger partial charge is 0.457 e. The highest BCUT2D eigenvalue weighted by Gasteiger charge is 2.36. The lowest BCUT2D eigenvalue weighted by molar-refractivity contribution is 0.515. The molecule has 0 amide bonds. The minimum absolute atomic E-state index is 0.433. The summed E-state index contributed by atoms with van der Waals surface area (Å²) in [7, 11) is 0. The average molecular weight is 235 g/mol. The van der Waals surface area contributed by atoms with Crippen LogP contribution >= 0.6 is 11.6 Å². The molecule has 2 aromatic rings. The molecule has 2 unspecified atom stereocenters. The second-order valence-electron chi connectivity index (χ2n) is 4.22. The first-order valence-electron chi connectivity index (χ1n) is 5.32. The molecule has 0 saturated heterocycles. The molecule has 82 valence electrons. The maximum Gasteiger partial charge on any atom is 0.197 e. The van der Waals surface area contributed by atoms with Gasteiger partial charge in [0.05, 0.1) is 0 Å². The summed E-state index contributed by atoms with van der Waals surface area (Å²) in [4.78, 5) is 8.25. The smallest absolute Gasteiger partial charge is 0.197 e. The fourth-order valence-corrected chi connectivity index (χ4v) is 1.98. The van der Waals surface area contributed by atoms with Crippen molar-refractivity contribution in [3.63, 3.8) is 0 Å². The molecule has 16 heavy (non-hydrogen) atoms. The van der Waals surface area contributed by atoms with Gasteiger partial charge in [-0.3, -0.25) is 0 Å². The summed E-state index contributed by atoms with van der Waals surface area (Å²) < 4.78 is 5.74. The van der Waals surface area contributed by atoms with Crippen molar-refractivity contribution in [2.24, 2.45) is 5.92 Å². The number of halogens is 1. The van der Waals surface area contributed by atoms with E-state index in [4.69, 9.17) is 16.0 Å². The SMILES string of the molecule is CC1CC1c1ccc(-c2nccc(Cl)n2)o1. The van der Waals surface area contributed by atoms with Gasteiger partial charge >= 0.3 is 0 Å². The molecular weight excluding hydrogens is 224 g/mol. The number of nitrogens with zero attached hydrogens (tertiary/aromatic N) is 2. The Balaban J connectivity index is 1.92. The van der Waals surface area contributed by atoms with Crippen LogP contribution in [0.25, 0.3) is 11.6 Å². The molecule has 0 spiro atoms. The molecule has 0 radical (unpaired) electrons. The van der Waals surface area contributed by atoms with Crippen molar-refractivity contribution < 1.29 is 4.42 Å². The van der Waals surface area contributed by atoms with Gasteiger partial charge in [-0.15, -0.1) is 0 Å². The molecule has 0 aromatic carbocycles. The Morgan fingerprint density at radius 3 is 2.88 bits per heavy atom. The van der Waals surface area contributed by atoms with Crippen LogP contribution in [-0.4, -0.2) is 9.97 Å². The van der Waals surface area contributed by atoms with Gasteiger partial charge in [0.15, 0.2) is 11.6 Å². The van der Waals surface area contributed by atoms with Crippen LogP contribution in [0.2, 0.25) is 5.15 Å². The van der Waals surface area contributed by atoms with E-state index in [1.165, 1.54) is 6.42 Å². The number of rotatable bonds is 2. The zero-order valence-corrected chi connectivity index (χ0v) is 9.61. The Hall–Kier alpha value is -1.35. The zero-order valence-electron chi connectivity index (χ0n) is 8.85. The molecule has 1 fully saturated rings. The second kappa shape index (κ2) is 3.59. The maximum absolute atomic E-state index is 5.81. The Bertz CT molecular complexity index is 523. The molecular formula is C12H11ClN2O. The van der Waals surface area contributed by atoms with Crippen LogP contribution < -0.4 is 0 Å². The number of hydrogen-bond acceptors (Lipinski definition) is 3. The van der Waals surface area contributed by atoms with Gasteiger partial charge in [-0.2, -0.15) is 0 Å². The van der Waals surface area contributed by atoms with Gasteiger partial charge in [-0.1, -0.05) is 18.5 Å². The summed E-state index contributed by atoms with van der Waals surface area (Å²) in [6, 6.07) is 5.57. The van der Waals surface area contributed by atoms with E-state index in [0.29, 0.717) is 22.7 Å². The molecule has 2 atom stereocenters. The summed E-state index contributed by atoms with van der Waals surface area (Å²) in [5, 5.41) is 0.433. The molecule has 3 rings (SSSR count). The highest BCUT2D eigenvalue weighted by molar-refractivity contribution is 6.29. The molecule has 2 heterocycles. The highest BCUT2D eigenvalue weighted by atomic mass is 35.5. The van der Waals surface area contributed by atoms with Crippen molar-refractivity contribution in [3.05, 3.63) is 35.3 Å². The lowest BCUT2D eigenvalue weighted by Gasteiger charge is -1.95. The molecule has 0 bridgehead atoms. The van der Waals surface area contributed by atoms with Crippen molar-refractivity contribution in [2.75, 3.05) is 0 Å². The molecule has 1 aliphatic rings. The van der Waals surface area contributed by atoms with Crippen molar-refractivity contribution >= 4 is 11.6 Å². The molecule has 0 N–H and O–H groups in total. The van der Waals surface area contributed by atoms with E-state index >= 15 is 0 Å². The Kier molecular flexibility index (Phi) is 2.21. The quantitative estimate of drug-likeness (QED) is 0.747. The third kappa shape index (κ3) is 1.71. The average Bonchev–Trinajstić information content (AvgIpc) is 2.81. The van der Waals surface area contributed by atoms with Crippen molar-refractivity contribution in [3.8, 4) is 11.6 Å². The third-order valence-electron chi connectivity index (χ3n) is 2.94. The van der Waals surface area contributed by atoms with Gasteiger partial charge in [0.2, 0.25) is 0 Å². The summed E-state index contributed by atoms with van der Waals surface area (Å²) in [6.45, 7) is 2.22. The van der Waals surface area contributed by atoms with Gasteiger partial charge in [0.1, 0.15) is 10.9 Å². The van der Waals surface area contributed by atoms with Crippen molar-refractivity contribution in [2.45, 2.75) is 19.3 Å². The number of hydrogen-bond donors (Lipinski definition) is 0. The van der Waals surface area contributed by atoms with Crippen LogP contribution in [0.1, 0.15) is 25.0 Å². The van der Waals surface area contributed by atoms with Gasteiger partial charge in [-0.25, -0.2) is 9.97 Å². The summed E-state index contributed by atoms with van der Waals surface area (Å²) in [5.41, 5.74) is 0. The minimum Gasteiger partial charge on any atom is -0.457 e. The van der Waals surface area contributed by atoms with Crippen molar-refractivity contribution in [1.29, 1.82) is 0 Å². The van der Waals surface area contributed by atoms with Crippen LogP contribution in [0.15, 0.2) is 28.8 Å². The van der Waals surface area contributed by atoms with Gasteiger partial charge in [-0.05, 0) is 30.5 Å². The van der Waals surface area contributed by atoms with Gasteiger partial charge < -0.3 is 4.42 Å². The summed E-state index contributed by atoms with van der Waals surface area (Å²) in [6.07, 6.45) is 2.84. The first-order valence-corrected chi connectivity index (χ1v) is 5.70. The fourth-order valence-electron chi connectivity index (χ4n) is 1.85. The second-order valence-corrected chi connectivity index (χ2v) is 4.61. The molecule has 1 saturated carbocycles. The number of aromatic nitrogens is 2. The lowest BCUT2D eigenvalue weighted by atomic mass is 10.3. The first kappa shape index (κ1) is 9.85. The van der Waals surface area contributed by atoms with E-state index in [1.807, 2.05) is 12.1 Å². The van der Waals surface area contributed by atoms with E-state index in [2.05, 4.69) is 16.9 Å². The van der Waals surface area contributed by atoms with E-state index in [1.54, 1.807) is 12.3 Å². The molecule has 2 aromatic heterocycles. The Morgan fingerprint density at radius 1 is 1.38 bits per heavy atom. The van der Waals surface area contributed by atoms with Gasteiger partial charge in [0, 0.05) is 12.1 Å². The predicted octanol–water partition coefficient (Wildman–Crippen LogP) is 3.51. The Morgan fingerprint density at radius 2 is 2.19 bits per heavy atom. The topological polar surface area (TPSA) is 38.9 Å². The van der Waals surface area contributed by atoms with Gasteiger partial charge in [0.25, 0.3) is 0 Å². The summed E-state index contributed by atoms with van der Waals surface area (Å²) in [5.74, 6) is 3.59. The van der Waals surface area contributed by atoms with Crippen LogP contribution in [0.3, 0.4) is 0 Å². The third-order valence-corrected chi connectivity index (χ3v) is 3.15. The first-order chi connectivity index (χ1) is 7.74. The van der Waals surface area contributed by atoms with E-state index in [0.717, 1.165) is 11.7 Å². The lowest BCUT2D eigenvalue weighted by Crippen LogP contribution is -1.86. The van der Waals surface area contributed by atoms with E-state index < -0.39 is 0 Å². The van der Waals surface area contributed by atoms with E-state index in [-0.39, 0.29) is 0 Å². The molecule has 1 aliphatic carbocycles. The van der Waals surface area contributed by atoms with E-state index in [9.17, 15) is 0 Å². The molecule has 4 heteroatoms. The van der Waals surface area contributed by atoms with Crippen LogP contribution in [0.4, 0.5) is 0 Å². The molecule has 0 aliphatic heterocycles. The maximum atomic E-state index is 5.81. The standard InChI is InChI=1S/C12H11ClN2O/c1-7-6-8(7)9-2-3-10(16-9)12-14-5-4-11(13)15-12/h2-5,7-8H,6H2,1H3. The zero-order chi connectivity index (χ0) is 11.1. The monoisotopic (exact) mass is 234 g/mol. The molecule has 3 nitrogen and oxygen atoms in total. The highest BCUT2D eigenvalue weighted by Crippen LogP contribution is 2.47. The van der Waals surface area contributed by atoms with Crippen molar-refractivity contribution in [1.82, 2.24) is 9.97 Å². The normalized spacial score (nSPS) is 23.4.